The number of tetrazole rings is 1. The number of carbonyl (C=O) groups is 2. The second kappa shape index (κ2) is 12.1. The van der Waals surface area contributed by atoms with E-state index in [4.69, 9.17) is 0 Å². The summed E-state index contributed by atoms with van der Waals surface area (Å²) in [4.78, 5) is 29.9. The van der Waals surface area contributed by atoms with Gasteiger partial charge < -0.3 is 20.0 Å². The number of likely N-dealkylation sites (tertiary alicyclic amines) is 1. The normalized spacial score (nSPS) is 15.4. The number of aryl methyl sites for hydroxylation is 1. The number of nitrogens with zero attached hydrogens (tertiary/aromatic N) is 6. The van der Waals surface area contributed by atoms with Crippen molar-refractivity contribution in [3.05, 3.63) is 42.0 Å². The molecule has 0 aliphatic carbocycles. The molecule has 1 aliphatic heterocycles. The minimum Gasteiger partial charge on any atom is -0.507 e. The summed E-state index contributed by atoms with van der Waals surface area (Å²) in [5.41, 5.74) is 1.94. The fraction of sp³-hybridized carbons (Fsp3) is 0.464. The van der Waals surface area contributed by atoms with Gasteiger partial charge in [0.2, 0.25) is 5.91 Å². The first-order chi connectivity index (χ1) is 18.4. The van der Waals surface area contributed by atoms with Crippen molar-refractivity contribution >= 4 is 11.8 Å². The van der Waals surface area contributed by atoms with Gasteiger partial charge in [0.1, 0.15) is 11.5 Å². The van der Waals surface area contributed by atoms with Crippen LogP contribution < -0.4 is 0 Å². The Bertz CT molecular complexity index is 1290. The van der Waals surface area contributed by atoms with E-state index in [-0.39, 0.29) is 29.2 Å². The average Bonchev–Trinajstić information content (AvgIpc) is 3.40. The van der Waals surface area contributed by atoms with E-state index in [9.17, 15) is 19.8 Å². The van der Waals surface area contributed by atoms with E-state index in [2.05, 4.69) is 22.4 Å². The molecular formula is C28H36N6O4. The molecule has 202 valence electrons. The Labute approximate surface area is 222 Å². The highest BCUT2D eigenvalue weighted by molar-refractivity contribution is 5.96. The minimum absolute atomic E-state index is 0.101. The monoisotopic (exact) mass is 520 g/mol. The highest BCUT2D eigenvalue weighted by Gasteiger charge is 2.31. The summed E-state index contributed by atoms with van der Waals surface area (Å²) < 4.78 is 1.63. The Morgan fingerprint density at radius 3 is 2.55 bits per heavy atom. The first kappa shape index (κ1) is 27.1. The number of amides is 2. The van der Waals surface area contributed by atoms with Crippen LogP contribution >= 0.6 is 0 Å². The van der Waals surface area contributed by atoms with Gasteiger partial charge in [-0.1, -0.05) is 25.5 Å². The molecule has 2 amide bonds. The van der Waals surface area contributed by atoms with Gasteiger partial charge in [0.05, 0.1) is 11.5 Å². The predicted octanol–water partition coefficient (Wildman–Crippen LogP) is 3.94. The zero-order valence-corrected chi connectivity index (χ0v) is 22.3. The number of aromatic hydroxyl groups is 2. The zero-order valence-electron chi connectivity index (χ0n) is 22.3. The Kier molecular flexibility index (Phi) is 8.60. The van der Waals surface area contributed by atoms with Gasteiger partial charge in [0.25, 0.3) is 5.91 Å². The van der Waals surface area contributed by atoms with E-state index in [1.54, 1.807) is 39.9 Å². The molecule has 1 unspecified atom stereocenters. The summed E-state index contributed by atoms with van der Waals surface area (Å²) in [6, 6.07) is 9.95. The van der Waals surface area contributed by atoms with Crippen molar-refractivity contribution in [3.63, 3.8) is 0 Å². The molecule has 1 aliphatic rings. The fourth-order valence-electron chi connectivity index (χ4n) is 5.00. The number of hydrogen-bond acceptors (Lipinski definition) is 7. The molecule has 0 radical (unpaired) electrons. The quantitative estimate of drug-likeness (QED) is 0.438. The van der Waals surface area contributed by atoms with Crippen LogP contribution in [0.1, 0.15) is 56.8 Å². The van der Waals surface area contributed by atoms with E-state index in [0.29, 0.717) is 60.8 Å². The van der Waals surface area contributed by atoms with Gasteiger partial charge in [-0.25, -0.2) is 4.68 Å². The lowest BCUT2D eigenvalue weighted by atomic mass is 9.95. The van der Waals surface area contributed by atoms with Crippen molar-refractivity contribution in [2.75, 3.05) is 26.2 Å². The number of phenolic OH excluding ortho intramolecular Hbond substituents is 2. The molecule has 10 nitrogen and oxygen atoms in total. The molecule has 1 fully saturated rings. The number of hydrogen-bond donors (Lipinski definition) is 2. The van der Waals surface area contributed by atoms with Gasteiger partial charge in [-0.15, -0.1) is 5.10 Å². The predicted molar refractivity (Wildman–Crippen MR) is 143 cm³/mol. The van der Waals surface area contributed by atoms with Gasteiger partial charge >= 0.3 is 0 Å². The van der Waals surface area contributed by atoms with Gasteiger partial charge in [0, 0.05) is 49.9 Å². The van der Waals surface area contributed by atoms with Crippen LogP contribution in [0.2, 0.25) is 0 Å². The molecule has 1 aromatic heterocycles. The van der Waals surface area contributed by atoms with Crippen molar-refractivity contribution in [2.45, 2.75) is 53.0 Å². The van der Waals surface area contributed by atoms with E-state index >= 15 is 0 Å². The smallest absolute Gasteiger partial charge is 0.253 e. The van der Waals surface area contributed by atoms with E-state index in [1.807, 2.05) is 18.7 Å². The maximum absolute atomic E-state index is 13.5. The molecule has 1 saturated heterocycles. The summed E-state index contributed by atoms with van der Waals surface area (Å²) in [5.74, 6) is -0.0932. The van der Waals surface area contributed by atoms with E-state index < -0.39 is 0 Å². The fourth-order valence-corrected chi connectivity index (χ4v) is 5.00. The first-order valence-electron chi connectivity index (χ1n) is 13.4. The lowest BCUT2D eigenvalue weighted by Crippen LogP contribution is -2.46. The summed E-state index contributed by atoms with van der Waals surface area (Å²) in [5, 5.41) is 33.1. The third kappa shape index (κ3) is 5.64. The summed E-state index contributed by atoms with van der Waals surface area (Å²) >= 11 is 0. The van der Waals surface area contributed by atoms with Crippen LogP contribution in [0.25, 0.3) is 22.5 Å². The summed E-state index contributed by atoms with van der Waals surface area (Å²) in [6.07, 6.45) is 3.40. The van der Waals surface area contributed by atoms with Crippen LogP contribution in [-0.2, 0) is 11.3 Å². The number of piperidine rings is 1. The zero-order chi connectivity index (χ0) is 27.2. The number of rotatable bonds is 9. The molecule has 2 heterocycles. The molecular weight excluding hydrogens is 484 g/mol. The van der Waals surface area contributed by atoms with Crippen molar-refractivity contribution < 1.29 is 19.8 Å². The number of phenols is 2. The SMILES string of the molecule is CCCCn1nnnc1-c1cc(-c2cccc(C(=O)N3CCCC(C(=O)N(CC)CC)C3)c2)c(O)cc1O. The van der Waals surface area contributed by atoms with Crippen LogP contribution in [0, 0.1) is 5.92 Å². The summed E-state index contributed by atoms with van der Waals surface area (Å²) in [6.45, 7) is 8.92. The van der Waals surface area contributed by atoms with Crippen molar-refractivity contribution in [1.82, 2.24) is 30.0 Å². The molecule has 2 N–H and O–H groups in total. The van der Waals surface area contributed by atoms with Gasteiger partial charge in [-0.2, -0.15) is 0 Å². The van der Waals surface area contributed by atoms with Crippen LogP contribution in [0.5, 0.6) is 11.5 Å². The van der Waals surface area contributed by atoms with Crippen molar-refractivity contribution in [3.8, 4) is 34.0 Å². The molecule has 1 atom stereocenters. The van der Waals surface area contributed by atoms with Gasteiger partial charge in [-0.05, 0) is 67.3 Å². The lowest BCUT2D eigenvalue weighted by Gasteiger charge is -2.34. The molecule has 0 bridgehead atoms. The number of benzene rings is 2. The minimum atomic E-state index is -0.196. The third-order valence-electron chi connectivity index (χ3n) is 7.16. The van der Waals surface area contributed by atoms with E-state index in [1.165, 1.54) is 6.07 Å². The molecule has 0 spiro atoms. The van der Waals surface area contributed by atoms with Crippen molar-refractivity contribution in [1.29, 1.82) is 0 Å². The Morgan fingerprint density at radius 1 is 1.05 bits per heavy atom. The van der Waals surface area contributed by atoms with E-state index in [0.717, 1.165) is 25.7 Å². The van der Waals surface area contributed by atoms with Crippen LogP contribution in [0.4, 0.5) is 0 Å². The van der Waals surface area contributed by atoms with Crippen LogP contribution in [0.15, 0.2) is 36.4 Å². The highest BCUT2D eigenvalue weighted by Crippen LogP contribution is 2.39. The average molecular weight is 521 g/mol. The summed E-state index contributed by atoms with van der Waals surface area (Å²) in [7, 11) is 0. The second-order valence-corrected chi connectivity index (χ2v) is 9.65. The Hall–Kier alpha value is -3.95. The molecule has 4 rings (SSSR count). The number of aromatic nitrogens is 4. The Balaban J connectivity index is 1.60. The molecule has 0 saturated carbocycles. The molecule has 3 aromatic rings. The number of unbranched alkanes of at least 4 members (excludes halogenated alkanes) is 1. The second-order valence-electron chi connectivity index (χ2n) is 9.65. The Morgan fingerprint density at radius 2 is 1.82 bits per heavy atom. The van der Waals surface area contributed by atoms with Gasteiger partial charge in [0.15, 0.2) is 5.82 Å². The topological polar surface area (TPSA) is 125 Å². The third-order valence-corrected chi connectivity index (χ3v) is 7.16. The largest absolute Gasteiger partial charge is 0.507 e. The molecule has 10 heteroatoms. The standard InChI is InChI=1S/C28H36N6O4/c1-4-7-14-34-26(29-30-31-34)23-16-22(24(35)17-25(23)36)19-10-8-11-20(15-19)27(37)33-13-9-12-21(18-33)28(38)32(5-2)6-3/h8,10-11,15-17,21,35-36H,4-7,9,12-14,18H2,1-3H3. The highest BCUT2D eigenvalue weighted by atomic mass is 16.3. The number of carbonyl (C=O) groups excluding carboxylic acids is 2. The molecule has 38 heavy (non-hydrogen) atoms. The maximum atomic E-state index is 13.5. The van der Waals surface area contributed by atoms with Gasteiger partial charge in [-0.3, -0.25) is 9.59 Å². The molecule has 2 aromatic carbocycles. The lowest BCUT2D eigenvalue weighted by molar-refractivity contribution is -0.136. The van der Waals surface area contributed by atoms with Crippen molar-refractivity contribution in [2.24, 2.45) is 5.92 Å². The maximum Gasteiger partial charge on any atom is 0.253 e. The first-order valence-corrected chi connectivity index (χ1v) is 13.4. The van der Waals surface area contributed by atoms with Crippen LogP contribution in [0.3, 0.4) is 0 Å². The van der Waals surface area contributed by atoms with Crippen LogP contribution in [-0.4, -0.2) is 78.2 Å².